The van der Waals surface area contributed by atoms with Gasteiger partial charge in [0.15, 0.2) is 0 Å². The molecule has 0 saturated heterocycles. The van der Waals surface area contributed by atoms with E-state index in [-0.39, 0.29) is 5.69 Å². The largest absolute Gasteiger partial charge is 0.418 e. The minimum Gasteiger partial charge on any atom is -0.398 e. The summed E-state index contributed by atoms with van der Waals surface area (Å²) in [7, 11) is 0. The lowest BCUT2D eigenvalue weighted by atomic mass is 10.2. The molecule has 0 aromatic heterocycles. The van der Waals surface area contributed by atoms with E-state index >= 15 is 0 Å². The molecule has 1 rings (SSSR count). The first-order valence-electron chi connectivity index (χ1n) is 5.54. The van der Waals surface area contributed by atoms with E-state index in [1.165, 1.54) is 17.8 Å². The molecular formula is C12H16F3NS. The number of thioether (sulfide) groups is 1. The molecule has 96 valence electrons. The third-order valence-corrected chi connectivity index (χ3v) is 3.43. The average molecular weight is 263 g/mol. The zero-order valence-corrected chi connectivity index (χ0v) is 10.5. The van der Waals surface area contributed by atoms with Crippen LogP contribution in [0.1, 0.15) is 31.7 Å². The number of halogens is 3. The Morgan fingerprint density at radius 2 is 1.94 bits per heavy atom. The number of hydrogen-bond donors (Lipinski definition) is 1. The summed E-state index contributed by atoms with van der Waals surface area (Å²) < 4.78 is 37.7. The molecule has 17 heavy (non-hydrogen) atoms. The van der Waals surface area contributed by atoms with Gasteiger partial charge in [-0.25, -0.2) is 0 Å². The summed E-state index contributed by atoms with van der Waals surface area (Å²) in [5, 5.41) is 0. The van der Waals surface area contributed by atoms with E-state index in [0.717, 1.165) is 31.1 Å². The van der Waals surface area contributed by atoms with Crippen molar-refractivity contribution in [2.24, 2.45) is 0 Å². The number of hydrogen-bond acceptors (Lipinski definition) is 2. The van der Waals surface area contributed by atoms with Crippen molar-refractivity contribution in [3.8, 4) is 0 Å². The van der Waals surface area contributed by atoms with Gasteiger partial charge in [0.1, 0.15) is 0 Å². The third kappa shape index (κ3) is 4.50. The van der Waals surface area contributed by atoms with Crippen molar-refractivity contribution >= 4 is 17.4 Å². The number of anilines is 1. The van der Waals surface area contributed by atoms with Gasteiger partial charge < -0.3 is 5.73 Å². The summed E-state index contributed by atoms with van der Waals surface area (Å²) in [5.74, 6) is 0.842. The molecule has 0 radical (unpaired) electrons. The SMILES string of the molecule is CCCCCSc1ccc(N)c(C(F)(F)F)c1. The first-order valence-corrected chi connectivity index (χ1v) is 6.53. The minimum atomic E-state index is -4.37. The molecule has 0 bridgehead atoms. The second kappa shape index (κ2) is 6.19. The summed E-state index contributed by atoms with van der Waals surface area (Å²) in [4.78, 5) is 0.627. The van der Waals surface area contributed by atoms with Crippen LogP contribution in [0.3, 0.4) is 0 Å². The van der Waals surface area contributed by atoms with Crippen LogP contribution in [-0.4, -0.2) is 5.75 Å². The zero-order chi connectivity index (χ0) is 12.9. The van der Waals surface area contributed by atoms with Gasteiger partial charge in [-0.05, 0) is 30.4 Å². The summed E-state index contributed by atoms with van der Waals surface area (Å²) in [5.41, 5.74) is 4.37. The fraction of sp³-hybridized carbons (Fsp3) is 0.500. The molecule has 0 unspecified atom stereocenters. The molecule has 0 aliphatic rings. The lowest BCUT2D eigenvalue weighted by Gasteiger charge is -2.11. The summed E-state index contributed by atoms with van der Waals surface area (Å²) >= 11 is 1.44. The number of rotatable bonds is 5. The number of nitrogen functional groups attached to an aromatic ring is 1. The van der Waals surface area contributed by atoms with E-state index in [1.807, 2.05) is 0 Å². The molecule has 0 spiro atoms. The van der Waals surface area contributed by atoms with Gasteiger partial charge in [0.25, 0.3) is 0 Å². The monoisotopic (exact) mass is 263 g/mol. The number of unbranched alkanes of at least 4 members (excludes halogenated alkanes) is 2. The van der Waals surface area contributed by atoms with Crippen LogP contribution in [0.25, 0.3) is 0 Å². The summed E-state index contributed by atoms with van der Waals surface area (Å²) in [6.45, 7) is 2.09. The Balaban J connectivity index is 2.69. The Hall–Kier alpha value is -0.840. The topological polar surface area (TPSA) is 26.0 Å². The molecular weight excluding hydrogens is 247 g/mol. The van der Waals surface area contributed by atoms with E-state index in [0.29, 0.717) is 4.90 Å². The molecule has 1 nitrogen and oxygen atoms in total. The quantitative estimate of drug-likeness (QED) is 0.478. The van der Waals surface area contributed by atoms with Gasteiger partial charge in [0.2, 0.25) is 0 Å². The van der Waals surface area contributed by atoms with Crippen molar-refractivity contribution in [3.05, 3.63) is 23.8 Å². The van der Waals surface area contributed by atoms with Crippen LogP contribution in [-0.2, 0) is 6.18 Å². The van der Waals surface area contributed by atoms with Gasteiger partial charge in [-0.2, -0.15) is 13.2 Å². The fourth-order valence-corrected chi connectivity index (χ4v) is 2.36. The second-order valence-electron chi connectivity index (χ2n) is 3.80. The predicted octanol–water partition coefficient (Wildman–Crippen LogP) is 4.57. The van der Waals surface area contributed by atoms with E-state index < -0.39 is 11.7 Å². The average Bonchev–Trinajstić information content (AvgIpc) is 2.25. The number of nitrogens with two attached hydrogens (primary N) is 1. The molecule has 0 atom stereocenters. The summed E-state index contributed by atoms with van der Waals surface area (Å²) in [6, 6.07) is 4.10. The van der Waals surface area contributed by atoms with E-state index in [4.69, 9.17) is 5.73 Å². The Bertz CT molecular complexity index is 363. The van der Waals surface area contributed by atoms with Crippen LogP contribution in [0.15, 0.2) is 23.1 Å². The Morgan fingerprint density at radius 3 is 2.53 bits per heavy atom. The molecule has 0 saturated carbocycles. The van der Waals surface area contributed by atoms with E-state index in [2.05, 4.69) is 6.92 Å². The Labute approximate surface area is 104 Å². The molecule has 0 amide bonds. The number of benzene rings is 1. The van der Waals surface area contributed by atoms with Gasteiger partial charge in [-0.1, -0.05) is 19.8 Å². The van der Waals surface area contributed by atoms with Gasteiger partial charge in [-0.3, -0.25) is 0 Å². The Kier molecular flexibility index (Phi) is 5.18. The first kappa shape index (κ1) is 14.2. The van der Waals surface area contributed by atoms with Crippen molar-refractivity contribution in [2.75, 3.05) is 11.5 Å². The van der Waals surface area contributed by atoms with Gasteiger partial charge in [0, 0.05) is 10.6 Å². The van der Waals surface area contributed by atoms with Crippen LogP contribution in [0.5, 0.6) is 0 Å². The van der Waals surface area contributed by atoms with Crippen LogP contribution in [0.2, 0.25) is 0 Å². The van der Waals surface area contributed by atoms with Gasteiger partial charge >= 0.3 is 6.18 Å². The van der Waals surface area contributed by atoms with Crippen molar-refractivity contribution in [2.45, 2.75) is 37.3 Å². The molecule has 1 aromatic carbocycles. The lowest BCUT2D eigenvalue weighted by Crippen LogP contribution is -2.08. The first-order chi connectivity index (χ1) is 7.95. The zero-order valence-electron chi connectivity index (χ0n) is 9.68. The van der Waals surface area contributed by atoms with E-state index in [9.17, 15) is 13.2 Å². The molecule has 0 aliphatic carbocycles. The van der Waals surface area contributed by atoms with Crippen LogP contribution >= 0.6 is 11.8 Å². The highest BCUT2D eigenvalue weighted by Crippen LogP contribution is 2.36. The maximum absolute atomic E-state index is 12.6. The standard InChI is InChI=1S/C12H16F3NS/c1-2-3-4-7-17-9-5-6-11(16)10(8-9)12(13,14)15/h5-6,8H,2-4,7,16H2,1H3. The van der Waals surface area contributed by atoms with Crippen molar-refractivity contribution in [1.82, 2.24) is 0 Å². The maximum atomic E-state index is 12.6. The molecule has 0 aliphatic heterocycles. The van der Waals surface area contributed by atoms with Crippen molar-refractivity contribution in [3.63, 3.8) is 0 Å². The molecule has 1 aromatic rings. The summed E-state index contributed by atoms with van der Waals surface area (Å²) in [6.07, 6.45) is -1.14. The minimum absolute atomic E-state index is 0.213. The molecule has 2 N–H and O–H groups in total. The fourth-order valence-electron chi connectivity index (χ4n) is 1.41. The van der Waals surface area contributed by atoms with Crippen LogP contribution in [0.4, 0.5) is 18.9 Å². The van der Waals surface area contributed by atoms with Gasteiger partial charge in [-0.15, -0.1) is 11.8 Å². The third-order valence-electron chi connectivity index (χ3n) is 2.35. The van der Waals surface area contributed by atoms with Gasteiger partial charge in [0.05, 0.1) is 5.56 Å². The van der Waals surface area contributed by atoms with Crippen LogP contribution in [0, 0.1) is 0 Å². The highest BCUT2D eigenvalue weighted by atomic mass is 32.2. The highest BCUT2D eigenvalue weighted by Gasteiger charge is 2.33. The Morgan fingerprint density at radius 1 is 1.24 bits per heavy atom. The smallest absolute Gasteiger partial charge is 0.398 e. The second-order valence-corrected chi connectivity index (χ2v) is 4.97. The molecule has 0 heterocycles. The molecule has 5 heteroatoms. The van der Waals surface area contributed by atoms with Crippen molar-refractivity contribution < 1.29 is 13.2 Å². The normalized spacial score (nSPS) is 11.8. The molecule has 0 fully saturated rings. The number of alkyl halides is 3. The highest BCUT2D eigenvalue weighted by molar-refractivity contribution is 7.99. The predicted molar refractivity (Wildman–Crippen MR) is 66.1 cm³/mol. The maximum Gasteiger partial charge on any atom is 0.418 e. The van der Waals surface area contributed by atoms with Crippen molar-refractivity contribution in [1.29, 1.82) is 0 Å². The lowest BCUT2D eigenvalue weighted by molar-refractivity contribution is -0.137. The van der Waals surface area contributed by atoms with E-state index in [1.54, 1.807) is 6.07 Å². The van der Waals surface area contributed by atoms with Crippen LogP contribution < -0.4 is 5.73 Å².